The first-order chi connectivity index (χ1) is 7.69. The number of aromatic nitrogens is 2. The van der Waals surface area contributed by atoms with Gasteiger partial charge in [-0.1, -0.05) is 6.92 Å². The van der Waals surface area contributed by atoms with Gasteiger partial charge >= 0.3 is 5.97 Å². The molecule has 0 aliphatic carbocycles. The van der Waals surface area contributed by atoms with E-state index in [2.05, 4.69) is 21.2 Å². The highest BCUT2D eigenvalue weighted by Crippen LogP contribution is 2.13. The van der Waals surface area contributed by atoms with Crippen LogP contribution < -0.4 is 5.32 Å². The molecule has 1 rings (SSSR count). The van der Waals surface area contributed by atoms with Crippen LogP contribution in [0.1, 0.15) is 30.1 Å². The summed E-state index contributed by atoms with van der Waals surface area (Å²) in [4.78, 5) is 18.5. The molecule has 0 aliphatic rings. The average molecular weight is 219 g/mol. The van der Waals surface area contributed by atoms with Crippen LogP contribution in [0.3, 0.4) is 0 Å². The van der Waals surface area contributed by atoms with Crippen molar-refractivity contribution in [3.8, 4) is 12.3 Å². The van der Waals surface area contributed by atoms with Crippen LogP contribution in [-0.4, -0.2) is 27.1 Å². The fourth-order valence-corrected chi connectivity index (χ4v) is 1.23. The fourth-order valence-electron chi connectivity index (χ4n) is 1.23. The fraction of sp³-hybridized carbons (Fsp3) is 0.364. The van der Waals surface area contributed by atoms with Gasteiger partial charge in [0.1, 0.15) is 17.7 Å². The molecule has 16 heavy (non-hydrogen) atoms. The van der Waals surface area contributed by atoms with Crippen molar-refractivity contribution in [3.63, 3.8) is 0 Å². The van der Waals surface area contributed by atoms with E-state index in [9.17, 15) is 4.79 Å². The van der Waals surface area contributed by atoms with Gasteiger partial charge in [-0.2, -0.15) is 0 Å². The number of nitrogens with one attached hydrogen (secondary N) is 1. The molecule has 5 nitrogen and oxygen atoms in total. The highest BCUT2D eigenvalue weighted by atomic mass is 16.4. The molecule has 2 N–H and O–H groups in total. The lowest BCUT2D eigenvalue weighted by Crippen LogP contribution is -2.20. The molecule has 0 aromatic carbocycles. The van der Waals surface area contributed by atoms with Crippen LogP contribution in [0, 0.1) is 12.3 Å². The van der Waals surface area contributed by atoms with Gasteiger partial charge in [-0.05, 0) is 6.42 Å². The zero-order chi connectivity index (χ0) is 12.0. The second-order valence-corrected chi connectivity index (χ2v) is 3.25. The summed E-state index contributed by atoms with van der Waals surface area (Å²) in [6.45, 7) is 1.97. The summed E-state index contributed by atoms with van der Waals surface area (Å²) in [5.41, 5.74) is 0.0537. The highest BCUT2D eigenvalue weighted by Gasteiger charge is 2.14. The summed E-state index contributed by atoms with van der Waals surface area (Å²) >= 11 is 0. The minimum atomic E-state index is -1.06. The van der Waals surface area contributed by atoms with Crippen LogP contribution in [0.15, 0.2) is 12.5 Å². The topological polar surface area (TPSA) is 75.1 Å². The van der Waals surface area contributed by atoms with Gasteiger partial charge in [-0.15, -0.1) is 12.3 Å². The van der Waals surface area contributed by atoms with E-state index < -0.39 is 5.97 Å². The summed E-state index contributed by atoms with van der Waals surface area (Å²) in [6, 6.07) is 0.0259. The minimum absolute atomic E-state index is 0.0259. The van der Waals surface area contributed by atoms with Crippen molar-refractivity contribution in [1.82, 2.24) is 9.97 Å². The molecule has 1 unspecified atom stereocenters. The van der Waals surface area contributed by atoms with Gasteiger partial charge < -0.3 is 10.4 Å². The van der Waals surface area contributed by atoms with Gasteiger partial charge in [0.15, 0.2) is 0 Å². The van der Waals surface area contributed by atoms with Crippen LogP contribution in [-0.2, 0) is 0 Å². The number of hydrogen-bond donors (Lipinski definition) is 2. The molecule has 0 radical (unpaired) electrons. The molecule has 0 bridgehead atoms. The first-order valence-corrected chi connectivity index (χ1v) is 4.92. The third-order valence-corrected chi connectivity index (χ3v) is 2.14. The molecule has 1 heterocycles. The van der Waals surface area contributed by atoms with Gasteiger partial charge in [0.25, 0.3) is 0 Å². The van der Waals surface area contributed by atoms with E-state index in [4.69, 9.17) is 11.5 Å². The molecule has 0 saturated carbocycles. The van der Waals surface area contributed by atoms with E-state index in [0.717, 1.165) is 6.42 Å². The number of carboxylic acid groups (broad SMARTS) is 1. The van der Waals surface area contributed by atoms with Crippen molar-refractivity contribution in [2.75, 3.05) is 5.32 Å². The maximum absolute atomic E-state index is 10.9. The molecule has 0 amide bonds. The number of aromatic carboxylic acids is 1. The molecular weight excluding hydrogens is 206 g/mol. The predicted molar refractivity (Wildman–Crippen MR) is 60.1 cm³/mol. The third kappa shape index (κ3) is 2.95. The Kier molecular flexibility index (Phi) is 4.28. The first kappa shape index (κ1) is 12.0. The van der Waals surface area contributed by atoms with Gasteiger partial charge in [0.2, 0.25) is 0 Å². The normalized spacial score (nSPS) is 11.5. The highest BCUT2D eigenvalue weighted by molar-refractivity contribution is 5.92. The number of carboxylic acids is 1. The quantitative estimate of drug-likeness (QED) is 0.732. The lowest BCUT2D eigenvalue weighted by Gasteiger charge is -2.15. The summed E-state index contributed by atoms with van der Waals surface area (Å²) in [5, 5.41) is 11.9. The number of rotatable bonds is 5. The molecule has 1 atom stereocenters. The van der Waals surface area contributed by atoms with Crippen molar-refractivity contribution < 1.29 is 9.90 Å². The molecule has 0 spiro atoms. The van der Waals surface area contributed by atoms with Crippen LogP contribution >= 0.6 is 0 Å². The monoisotopic (exact) mass is 219 g/mol. The maximum Gasteiger partial charge on any atom is 0.341 e. The molecule has 1 aromatic rings. The summed E-state index contributed by atoms with van der Waals surface area (Å²) < 4.78 is 0. The summed E-state index contributed by atoms with van der Waals surface area (Å²) in [5.74, 6) is 1.79. The van der Waals surface area contributed by atoms with E-state index in [-0.39, 0.29) is 11.6 Å². The van der Waals surface area contributed by atoms with E-state index in [1.54, 1.807) is 0 Å². The average Bonchev–Trinajstić information content (AvgIpc) is 2.29. The second kappa shape index (κ2) is 5.71. The zero-order valence-electron chi connectivity index (χ0n) is 8.97. The van der Waals surface area contributed by atoms with E-state index in [1.165, 1.54) is 12.5 Å². The van der Waals surface area contributed by atoms with Gasteiger partial charge in [-0.3, -0.25) is 0 Å². The van der Waals surface area contributed by atoms with Gasteiger partial charge in [0, 0.05) is 18.7 Å². The summed E-state index contributed by atoms with van der Waals surface area (Å²) in [6.07, 6.45) is 9.11. The molecule has 0 saturated heterocycles. The number of hydrogen-bond acceptors (Lipinski definition) is 4. The standard InChI is InChI=1S/C11H13N3O2/c1-3-5-8(4-2)14-10-9(11(15)16)6-12-7-13-10/h1,6-8H,4-5H2,2H3,(H,15,16)(H,12,13,14). The van der Waals surface area contributed by atoms with Crippen LogP contribution in [0.2, 0.25) is 0 Å². The molecule has 0 aliphatic heterocycles. The molecule has 5 heteroatoms. The first-order valence-electron chi connectivity index (χ1n) is 4.92. The smallest absolute Gasteiger partial charge is 0.341 e. The molecule has 1 aromatic heterocycles. The molecule has 84 valence electrons. The van der Waals surface area contributed by atoms with Crippen molar-refractivity contribution >= 4 is 11.8 Å². The third-order valence-electron chi connectivity index (χ3n) is 2.14. The lowest BCUT2D eigenvalue weighted by atomic mass is 10.1. The van der Waals surface area contributed by atoms with Crippen molar-refractivity contribution in [1.29, 1.82) is 0 Å². The zero-order valence-corrected chi connectivity index (χ0v) is 8.97. The molecule has 0 fully saturated rings. The van der Waals surface area contributed by atoms with Crippen molar-refractivity contribution in [2.45, 2.75) is 25.8 Å². The van der Waals surface area contributed by atoms with E-state index >= 15 is 0 Å². The SMILES string of the molecule is C#CCC(CC)Nc1ncncc1C(=O)O. The number of nitrogens with zero attached hydrogens (tertiary/aromatic N) is 2. The van der Waals surface area contributed by atoms with Gasteiger partial charge in [0.05, 0.1) is 0 Å². The largest absolute Gasteiger partial charge is 0.477 e. The summed E-state index contributed by atoms with van der Waals surface area (Å²) in [7, 11) is 0. The second-order valence-electron chi connectivity index (χ2n) is 3.25. The number of anilines is 1. The molecular formula is C11H13N3O2. The van der Waals surface area contributed by atoms with Gasteiger partial charge in [-0.25, -0.2) is 14.8 Å². The van der Waals surface area contributed by atoms with Crippen LogP contribution in [0.25, 0.3) is 0 Å². The Bertz CT molecular complexity index is 412. The predicted octanol–water partition coefficient (Wildman–Crippen LogP) is 1.39. The maximum atomic E-state index is 10.9. The number of carbonyl (C=O) groups is 1. The van der Waals surface area contributed by atoms with Crippen molar-refractivity contribution in [3.05, 3.63) is 18.1 Å². The Balaban J connectivity index is 2.87. The van der Waals surface area contributed by atoms with E-state index in [1.807, 2.05) is 6.92 Å². The Morgan fingerprint density at radius 3 is 3.06 bits per heavy atom. The van der Waals surface area contributed by atoms with Crippen LogP contribution in [0.5, 0.6) is 0 Å². The number of terminal acetylenes is 1. The lowest BCUT2D eigenvalue weighted by molar-refractivity contribution is 0.0697. The Hall–Kier alpha value is -2.09. The Labute approximate surface area is 93.9 Å². The van der Waals surface area contributed by atoms with Crippen molar-refractivity contribution in [2.24, 2.45) is 0 Å². The van der Waals surface area contributed by atoms with Crippen LogP contribution in [0.4, 0.5) is 5.82 Å². The Morgan fingerprint density at radius 2 is 2.50 bits per heavy atom. The van der Waals surface area contributed by atoms with E-state index in [0.29, 0.717) is 12.2 Å². The minimum Gasteiger partial charge on any atom is -0.477 e. The Morgan fingerprint density at radius 1 is 1.75 bits per heavy atom.